The van der Waals surface area contributed by atoms with Crippen LogP contribution in [0, 0.1) is 12.8 Å². The van der Waals surface area contributed by atoms with E-state index in [9.17, 15) is 0 Å². The number of aromatic nitrogens is 1. The van der Waals surface area contributed by atoms with E-state index in [2.05, 4.69) is 36.3 Å². The van der Waals surface area contributed by atoms with Crippen LogP contribution in [-0.4, -0.2) is 17.6 Å². The van der Waals surface area contributed by atoms with Crippen LogP contribution in [0.4, 0.5) is 0 Å². The highest BCUT2D eigenvalue weighted by Crippen LogP contribution is 2.29. The fourth-order valence-electron chi connectivity index (χ4n) is 2.32. The van der Waals surface area contributed by atoms with Gasteiger partial charge in [0.2, 0.25) is 5.88 Å². The van der Waals surface area contributed by atoms with E-state index in [1.165, 1.54) is 31.2 Å². The Kier molecular flexibility index (Phi) is 5.20. The van der Waals surface area contributed by atoms with E-state index < -0.39 is 0 Å². The monoisotopic (exact) mass is 262 g/mol. The van der Waals surface area contributed by atoms with Crippen LogP contribution in [0.15, 0.2) is 12.1 Å². The van der Waals surface area contributed by atoms with Gasteiger partial charge in [0.05, 0.1) is 6.61 Å². The first-order valence-corrected chi connectivity index (χ1v) is 7.47. The molecule has 1 heterocycles. The summed E-state index contributed by atoms with van der Waals surface area (Å²) in [6.07, 6.45) is 5.34. The van der Waals surface area contributed by atoms with Gasteiger partial charge in [0.15, 0.2) is 0 Å². The van der Waals surface area contributed by atoms with E-state index in [-0.39, 0.29) is 0 Å². The van der Waals surface area contributed by atoms with Gasteiger partial charge in [-0.15, -0.1) is 0 Å². The van der Waals surface area contributed by atoms with Crippen LogP contribution >= 0.6 is 0 Å². The van der Waals surface area contributed by atoms with E-state index >= 15 is 0 Å². The van der Waals surface area contributed by atoms with E-state index in [4.69, 9.17) is 4.74 Å². The van der Waals surface area contributed by atoms with Crippen LogP contribution in [0.1, 0.15) is 50.8 Å². The molecule has 106 valence electrons. The van der Waals surface area contributed by atoms with Gasteiger partial charge in [-0.3, -0.25) is 0 Å². The molecule has 0 bridgehead atoms. The maximum atomic E-state index is 5.80. The number of hydrogen-bond donors (Lipinski definition) is 1. The fraction of sp³-hybridized carbons (Fsp3) is 0.688. The van der Waals surface area contributed by atoms with Crippen molar-refractivity contribution in [2.24, 2.45) is 5.92 Å². The molecule has 1 N–H and O–H groups in total. The van der Waals surface area contributed by atoms with Crippen molar-refractivity contribution in [2.75, 3.05) is 6.61 Å². The smallest absolute Gasteiger partial charge is 0.213 e. The molecule has 1 aliphatic carbocycles. The quantitative estimate of drug-likeness (QED) is 0.817. The summed E-state index contributed by atoms with van der Waals surface area (Å²) in [6.45, 7) is 8.02. The van der Waals surface area contributed by atoms with Crippen LogP contribution in [0.5, 0.6) is 5.88 Å². The minimum Gasteiger partial charge on any atom is -0.478 e. The molecule has 1 aromatic rings. The predicted molar refractivity (Wildman–Crippen MR) is 78.4 cm³/mol. The third-order valence-electron chi connectivity index (χ3n) is 3.70. The van der Waals surface area contributed by atoms with E-state index in [1.54, 1.807) is 0 Å². The number of nitrogens with zero attached hydrogens (tertiary/aromatic N) is 1. The molecule has 0 atom stereocenters. The normalized spacial score (nSPS) is 15.6. The predicted octanol–water partition coefficient (Wildman–Crippen LogP) is 3.46. The van der Waals surface area contributed by atoms with Crippen molar-refractivity contribution in [3.8, 4) is 5.88 Å². The first-order chi connectivity index (χ1) is 9.13. The molecule has 1 saturated carbocycles. The Hall–Kier alpha value is -1.09. The molecule has 0 aromatic carbocycles. The summed E-state index contributed by atoms with van der Waals surface area (Å²) in [7, 11) is 0. The number of pyridine rings is 1. The Morgan fingerprint density at radius 2 is 2.16 bits per heavy atom. The maximum Gasteiger partial charge on any atom is 0.213 e. The highest BCUT2D eigenvalue weighted by molar-refractivity contribution is 5.24. The van der Waals surface area contributed by atoms with Crippen LogP contribution in [0.3, 0.4) is 0 Å². The van der Waals surface area contributed by atoms with Gasteiger partial charge < -0.3 is 10.1 Å². The van der Waals surface area contributed by atoms with Crippen molar-refractivity contribution in [1.29, 1.82) is 0 Å². The molecule has 3 nitrogen and oxygen atoms in total. The van der Waals surface area contributed by atoms with Gasteiger partial charge in [0, 0.05) is 24.3 Å². The largest absolute Gasteiger partial charge is 0.478 e. The standard InChI is InChI=1S/C16H26N2O/c1-12(2)17-11-15-9-13(3)18-16(10-15)19-8-7-14-5-4-6-14/h9-10,12,14,17H,4-8,11H2,1-3H3. The van der Waals surface area contributed by atoms with Crippen molar-refractivity contribution in [2.45, 2.75) is 59.0 Å². The molecule has 19 heavy (non-hydrogen) atoms. The lowest BCUT2D eigenvalue weighted by Crippen LogP contribution is -2.22. The van der Waals surface area contributed by atoms with Gasteiger partial charge in [-0.25, -0.2) is 4.98 Å². The Labute approximate surface area is 116 Å². The molecule has 3 heteroatoms. The maximum absolute atomic E-state index is 5.80. The second kappa shape index (κ2) is 6.90. The number of rotatable bonds is 7. The number of ether oxygens (including phenoxy) is 1. The molecule has 0 aliphatic heterocycles. The van der Waals surface area contributed by atoms with E-state index in [0.29, 0.717) is 6.04 Å². The minimum absolute atomic E-state index is 0.497. The zero-order valence-corrected chi connectivity index (χ0v) is 12.4. The Balaban J connectivity index is 1.84. The van der Waals surface area contributed by atoms with Crippen molar-refractivity contribution >= 4 is 0 Å². The second-order valence-electron chi connectivity index (χ2n) is 5.92. The van der Waals surface area contributed by atoms with Gasteiger partial charge >= 0.3 is 0 Å². The summed E-state index contributed by atoms with van der Waals surface area (Å²) in [4.78, 5) is 4.45. The van der Waals surface area contributed by atoms with Crippen molar-refractivity contribution in [1.82, 2.24) is 10.3 Å². The molecule has 1 fully saturated rings. The molecule has 0 spiro atoms. The average Bonchev–Trinajstić information content (AvgIpc) is 2.29. The minimum atomic E-state index is 0.497. The van der Waals surface area contributed by atoms with Gasteiger partial charge in [0.25, 0.3) is 0 Å². The highest BCUT2D eigenvalue weighted by atomic mass is 16.5. The van der Waals surface area contributed by atoms with Gasteiger partial charge in [-0.05, 0) is 30.9 Å². The van der Waals surface area contributed by atoms with Crippen molar-refractivity contribution in [3.63, 3.8) is 0 Å². The van der Waals surface area contributed by atoms with Crippen LogP contribution < -0.4 is 10.1 Å². The number of hydrogen-bond acceptors (Lipinski definition) is 3. The molecule has 2 rings (SSSR count). The molecule has 0 unspecified atom stereocenters. The molecule has 0 saturated heterocycles. The molecule has 0 amide bonds. The molecular formula is C16H26N2O. The Morgan fingerprint density at radius 3 is 2.79 bits per heavy atom. The van der Waals surface area contributed by atoms with Gasteiger partial charge in [-0.2, -0.15) is 0 Å². The Morgan fingerprint density at radius 1 is 1.37 bits per heavy atom. The van der Waals surface area contributed by atoms with Crippen LogP contribution in [0.2, 0.25) is 0 Å². The third-order valence-corrected chi connectivity index (χ3v) is 3.70. The van der Waals surface area contributed by atoms with Gasteiger partial charge in [0.1, 0.15) is 0 Å². The zero-order chi connectivity index (χ0) is 13.7. The first-order valence-electron chi connectivity index (χ1n) is 7.47. The third kappa shape index (κ3) is 4.83. The molecule has 1 aliphatic rings. The summed E-state index contributed by atoms with van der Waals surface area (Å²) in [6, 6.07) is 4.67. The lowest BCUT2D eigenvalue weighted by Gasteiger charge is -2.24. The lowest BCUT2D eigenvalue weighted by atomic mass is 9.83. The van der Waals surface area contributed by atoms with Crippen LogP contribution in [-0.2, 0) is 6.54 Å². The highest BCUT2D eigenvalue weighted by Gasteiger charge is 2.17. The van der Waals surface area contributed by atoms with E-state index in [1.807, 2.05) is 6.92 Å². The molecule has 0 radical (unpaired) electrons. The molecular weight excluding hydrogens is 236 g/mol. The average molecular weight is 262 g/mol. The summed E-state index contributed by atoms with van der Waals surface area (Å²) < 4.78 is 5.80. The zero-order valence-electron chi connectivity index (χ0n) is 12.4. The van der Waals surface area contributed by atoms with Crippen LogP contribution in [0.25, 0.3) is 0 Å². The summed E-state index contributed by atoms with van der Waals surface area (Å²) >= 11 is 0. The van der Waals surface area contributed by atoms with E-state index in [0.717, 1.165) is 30.6 Å². The Bertz CT molecular complexity index is 400. The number of aryl methyl sites for hydroxylation is 1. The van der Waals surface area contributed by atoms with Crippen molar-refractivity contribution < 1.29 is 4.74 Å². The lowest BCUT2D eigenvalue weighted by molar-refractivity contribution is 0.217. The van der Waals surface area contributed by atoms with Gasteiger partial charge in [-0.1, -0.05) is 33.1 Å². The number of nitrogens with one attached hydrogen (secondary N) is 1. The SMILES string of the molecule is Cc1cc(CNC(C)C)cc(OCCC2CCC2)n1. The molecule has 1 aromatic heterocycles. The first kappa shape index (κ1) is 14.3. The fourth-order valence-corrected chi connectivity index (χ4v) is 2.32. The topological polar surface area (TPSA) is 34.1 Å². The van der Waals surface area contributed by atoms with Crippen molar-refractivity contribution in [3.05, 3.63) is 23.4 Å². The summed E-state index contributed by atoms with van der Waals surface area (Å²) in [5, 5.41) is 3.43. The second-order valence-corrected chi connectivity index (χ2v) is 5.92. The summed E-state index contributed by atoms with van der Waals surface area (Å²) in [5.41, 5.74) is 2.28. The summed E-state index contributed by atoms with van der Waals surface area (Å²) in [5.74, 6) is 1.67.